The summed E-state index contributed by atoms with van der Waals surface area (Å²) < 4.78 is 13.6. The molecule has 2 aliphatic rings. The monoisotopic (exact) mass is 419 g/mol. The molecule has 1 saturated carbocycles. The third kappa shape index (κ3) is 2.85. The third-order valence-corrected chi connectivity index (χ3v) is 6.21. The fourth-order valence-corrected chi connectivity index (χ4v) is 4.21. The van der Waals surface area contributed by atoms with E-state index in [1.165, 1.54) is 5.56 Å². The zero-order valence-electron chi connectivity index (χ0n) is 16.0. The second kappa shape index (κ2) is 6.75. The average molecular weight is 420 g/mol. The zero-order valence-corrected chi connectivity index (χ0v) is 16.8. The first-order valence-corrected chi connectivity index (χ1v) is 10.3. The lowest BCUT2D eigenvalue weighted by Gasteiger charge is -2.24. The van der Waals surface area contributed by atoms with Gasteiger partial charge in [0.2, 0.25) is 11.7 Å². The summed E-state index contributed by atoms with van der Waals surface area (Å²) in [6.45, 7) is 0.950. The van der Waals surface area contributed by atoms with Crippen LogP contribution in [0.3, 0.4) is 0 Å². The molecule has 0 unspecified atom stereocenters. The molecule has 0 saturated heterocycles. The summed E-state index contributed by atoms with van der Waals surface area (Å²) in [7, 11) is 0. The standard InChI is InChI=1S/C22H18ClN5O2/c23-16-8-6-14(7-9-16)18-12-28-17(13-29-18)19(25-27-28)20-24-21(30-26-20)22(10-11-22)15-4-2-1-3-5-15/h1-9,18H,10-13H2/t18-/m1/s1. The Labute approximate surface area is 177 Å². The molecule has 30 heavy (non-hydrogen) atoms. The Hall–Kier alpha value is -3.03. The molecule has 150 valence electrons. The lowest BCUT2D eigenvalue weighted by molar-refractivity contribution is -0.00111. The molecule has 0 bridgehead atoms. The van der Waals surface area contributed by atoms with E-state index in [9.17, 15) is 0 Å². The molecular weight excluding hydrogens is 402 g/mol. The molecule has 6 rings (SSSR count). The number of benzene rings is 2. The van der Waals surface area contributed by atoms with Crippen molar-refractivity contribution in [3.8, 4) is 11.5 Å². The topological polar surface area (TPSA) is 78.9 Å². The molecule has 0 radical (unpaired) electrons. The van der Waals surface area contributed by atoms with Gasteiger partial charge < -0.3 is 9.26 Å². The fourth-order valence-electron chi connectivity index (χ4n) is 4.09. The first-order valence-electron chi connectivity index (χ1n) is 9.92. The predicted molar refractivity (Wildman–Crippen MR) is 109 cm³/mol. The Kier molecular flexibility index (Phi) is 4.01. The van der Waals surface area contributed by atoms with E-state index in [2.05, 4.69) is 27.6 Å². The van der Waals surface area contributed by atoms with E-state index >= 15 is 0 Å². The van der Waals surface area contributed by atoms with E-state index in [0.29, 0.717) is 35.6 Å². The lowest BCUT2D eigenvalue weighted by atomic mass is 9.96. The summed E-state index contributed by atoms with van der Waals surface area (Å²) in [5.41, 5.74) is 3.57. The Balaban J connectivity index is 1.28. The van der Waals surface area contributed by atoms with Crippen LogP contribution in [0.2, 0.25) is 5.02 Å². The largest absolute Gasteiger partial charge is 0.365 e. The molecule has 0 spiro atoms. The zero-order chi connectivity index (χ0) is 20.1. The maximum atomic E-state index is 6.08. The Morgan fingerprint density at radius 1 is 1.03 bits per heavy atom. The van der Waals surface area contributed by atoms with Gasteiger partial charge in [0.05, 0.1) is 24.3 Å². The van der Waals surface area contributed by atoms with Crippen LogP contribution in [0, 0.1) is 0 Å². The van der Waals surface area contributed by atoms with E-state index in [0.717, 1.165) is 24.1 Å². The molecule has 3 heterocycles. The quantitative estimate of drug-likeness (QED) is 0.489. The maximum absolute atomic E-state index is 6.08. The highest BCUT2D eigenvalue weighted by atomic mass is 35.5. The van der Waals surface area contributed by atoms with Gasteiger partial charge in [0.25, 0.3) is 0 Å². The van der Waals surface area contributed by atoms with Crippen LogP contribution >= 0.6 is 11.6 Å². The van der Waals surface area contributed by atoms with Crippen LogP contribution in [0.4, 0.5) is 0 Å². The highest BCUT2D eigenvalue weighted by molar-refractivity contribution is 6.30. The molecule has 2 aromatic heterocycles. The average Bonchev–Trinajstić information content (AvgIpc) is 3.26. The Bertz CT molecular complexity index is 1200. The molecule has 1 atom stereocenters. The minimum atomic E-state index is -0.171. The smallest absolute Gasteiger partial charge is 0.237 e. The number of hydrogen-bond donors (Lipinski definition) is 0. The number of aromatic nitrogens is 5. The summed E-state index contributed by atoms with van der Waals surface area (Å²) in [6.07, 6.45) is 1.91. The van der Waals surface area contributed by atoms with Crippen molar-refractivity contribution < 1.29 is 9.26 Å². The van der Waals surface area contributed by atoms with Crippen molar-refractivity contribution in [2.75, 3.05) is 0 Å². The normalized spacial score (nSPS) is 19.4. The van der Waals surface area contributed by atoms with Crippen LogP contribution in [-0.2, 0) is 23.3 Å². The van der Waals surface area contributed by atoms with Crippen molar-refractivity contribution in [1.82, 2.24) is 25.1 Å². The van der Waals surface area contributed by atoms with Gasteiger partial charge in [0.15, 0.2) is 5.69 Å². The van der Waals surface area contributed by atoms with Crippen LogP contribution in [-0.4, -0.2) is 25.1 Å². The Morgan fingerprint density at radius 3 is 2.60 bits per heavy atom. The fraction of sp³-hybridized carbons (Fsp3) is 0.273. The molecule has 1 fully saturated rings. The molecule has 4 aromatic rings. The summed E-state index contributed by atoms with van der Waals surface area (Å²) in [4.78, 5) is 4.69. The van der Waals surface area contributed by atoms with Crippen molar-refractivity contribution in [3.05, 3.63) is 82.3 Å². The van der Waals surface area contributed by atoms with Gasteiger partial charge in [-0.15, -0.1) is 5.10 Å². The molecule has 8 heteroatoms. The van der Waals surface area contributed by atoms with Crippen LogP contribution < -0.4 is 0 Å². The van der Waals surface area contributed by atoms with Crippen LogP contribution in [0.5, 0.6) is 0 Å². The molecule has 0 N–H and O–H groups in total. The number of ether oxygens (including phenoxy) is 1. The van der Waals surface area contributed by atoms with Crippen molar-refractivity contribution in [2.24, 2.45) is 0 Å². The third-order valence-electron chi connectivity index (χ3n) is 5.96. The van der Waals surface area contributed by atoms with Gasteiger partial charge in [-0.3, -0.25) is 0 Å². The predicted octanol–water partition coefficient (Wildman–Crippen LogP) is 4.33. The van der Waals surface area contributed by atoms with Gasteiger partial charge in [-0.1, -0.05) is 64.4 Å². The van der Waals surface area contributed by atoms with Crippen LogP contribution in [0.15, 0.2) is 59.1 Å². The number of fused-ring (bicyclic) bond motifs is 1. The van der Waals surface area contributed by atoms with Crippen molar-refractivity contribution in [1.29, 1.82) is 0 Å². The number of halogens is 1. The van der Waals surface area contributed by atoms with E-state index in [1.54, 1.807) is 0 Å². The van der Waals surface area contributed by atoms with Gasteiger partial charge in [-0.2, -0.15) is 4.98 Å². The first-order chi connectivity index (χ1) is 14.7. The Morgan fingerprint density at radius 2 is 1.83 bits per heavy atom. The SMILES string of the molecule is Clc1ccc([C@H]2Cn3nnc(-c4noc(C5(c6ccccc6)CC5)n4)c3CO2)cc1. The molecule has 7 nitrogen and oxygen atoms in total. The number of rotatable bonds is 4. The van der Waals surface area contributed by atoms with Crippen molar-refractivity contribution >= 4 is 11.6 Å². The van der Waals surface area contributed by atoms with Crippen molar-refractivity contribution in [3.63, 3.8) is 0 Å². The van der Waals surface area contributed by atoms with Crippen LogP contribution in [0.25, 0.3) is 11.5 Å². The summed E-state index contributed by atoms with van der Waals surface area (Å²) in [5, 5.41) is 13.6. The van der Waals surface area contributed by atoms with Crippen molar-refractivity contribution in [2.45, 2.75) is 37.5 Å². The van der Waals surface area contributed by atoms with Gasteiger partial charge in [0.1, 0.15) is 6.10 Å². The lowest BCUT2D eigenvalue weighted by Crippen LogP contribution is -2.22. The second-order valence-corrected chi connectivity index (χ2v) is 8.23. The summed E-state index contributed by atoms with van der Waals surface area (Å²) in [6, 6.07) is 18.0. The van der Waals surface area contributed by atoms with E-state index in [4.69, 9.17) is 25.8 Å². The van der Waals surface area contributed by atoms with Gasteiger partial charge >= 0.3 is 0 Å². The highest BCUT2D eigenvalue weighted by Crippen LogP contribution is 2.53. The molecule has 1 aliphatic carbocycles. The summed E-state index contributed by atoms with van der Waals surface area (Å²) >= 11 is 5.99. The highest BCUT2D eigenvalue weighted by Gasteiger charge is 2.51. The second-order valence-electron chi connectivity index (χ2n) is 7.79. The first kappa shape index (κ1) is 17.8. The summed E-state index contributed by atoms with van der Waals surface area (Å²) in [5.74, 6) is 1.10. The van der Waals surface area contributed by atoms with E-state index < -0.39 is 0 Å². The number of nitrogens with zero attached hydrogens (tertiary/aromatic N) is 5. The molecule has 1 aliphatic heterocycles. The molecular formula is C22H18ClN5O2. The number of hydrogen-bond acceptors (Lipinski definition) is 6. The van der Waals surface area contributed by atoms with E-state index in [-0.39, 0.29) is 11.5 Å². The minimum absolute atomic E-state index is 0.0991. The van der Waals surface area contributed by atoms with Gasteiger partial charge in [-0.05, 0) is 36.1 Å². The maximum Gasteiger partial charge on any atom is 0.237 e. The van der Waals surface area contributed by atoms with Gasteiger partial charge in [0, 0.05) is 5.02 Å². The van der Waals surface area contributed by atoms with E-state index in [1.807, 2.05) is 47.1 Å². The molecule has 0 amide bonds. The molecule has 2 aromatic carbocycles. The minimum Gasteiger partial charge on any atom is -0.365 e. The van der Waals surface area contributed by atoms with Gasteiger partial charge in [-0.25, -0.2) is 4.68 Å². The van der Waals surface area contributed by atoms with Crippen LogP contribution in [0.1, 0.15) is 41.7 Å².